The van der Waals surface area contributed by atoms with Gasteiger partial charge in [0.15, 0.2) is 5.65 Å². The summed E-state index contributed by atoms with van der Waals surface area (Å²) in [7, 11) is 0. The fraction of sp³-hybridized carbons (Fsp3) is 0.292. The van der Waals surface area contributed by atoms with Crippen molar-refractivity contribution in [2.45, 2.75) is 45.1 Å². The van der Waals surface area contributed by atoms with Crippen molar-refractivity contribution in [3.8, 4) is 5.69 Å². The summed E-state index contributed by atoms with van der Waals surface area (Å²) >= 11 is 0. The molecule has 0 unspecified atom stereocenters. The predicted octanol–water partition coefficient (Wildman–Crippen LogP) is 4.53. The van der Waals surface area contributed by atoms with E-state index in [1.54, 1.807) is 0 Å². The van der Waals surface area contributed by atoms with Crippen molar-refractivity contribution >= 4 is 33.9 Å². The summed E-state index contributed by atoms with van der Waals surface area (Å²) in [4.78, 5) is 22.9. The number of para-hydroxylation sites is 2. The molecule has 2 aromatic carbocycles. The fourth-order valence-electron chi connectivity index (χ4n) is 4.35. The van der Waals surface area contributed by atoms with Crippen LogP contribution in [0.4, 0.5) is 5.82 Å². The molecule has 1 amide bonds. The first-order chi connectivity index (χ1) is 14.6. The number of amides is 1. The van der Waals surface area contributed by atoms with Gasteiger partial charge in [-0.2, -0.15) is 0 Å². The molecule has 5 rings (SSSR count). The smallest absolute Gasteiger partial charge is 0.257 e. The maximum Gasteiger partial charge on any atom is 0.257 e. The maximum absolute atomic E-state index is 13.3. The van der Waals surface area contributed by atoms with Crippen LogP contribution in [0.1, 0.15) is 48.0 Å². The van der Waals surface area contributed by atoms with E-state index in [1.807, 2.05) is 60.0 Å². The zero-order valence-corrected chi connectivity index (χ0v) is 17.1. The van der Waals surface area contributed by atoms with E-state index in [4.69, 9.17) is 15.7 Å². The molecule has 6 nitrogen and oxygen atoms in total. The average molecular weight is 399 g/mol. The Bertz CT molecular complexity index is 1240. The van der Waals surface area contributed by atoms with Crippen molar-refractivity contribution in [3.05, 3.63) is 59.7 Å². The number of carbonyl (C=O) groups excluding carboxylic acids is 1. The second kappa shape index (κ2) is 7.44. The van der Waals surface area contributed by atoms with Crippen LogP contribution < -0.4 is 11.1 Å². The molecule has 0 bridgehead atoms. The minimum Gasteiger partial charge on any atom is -0.384 e. The van der Waals surface area contributed by atoms with Crippen LogP contribution >= 0.6 is 0 Å². The number of carbonyl (C=O) groups is 1. The van der Waals surface area contributed by atoms with E-state index in [2.05, 4.69) is 5.32 Å². The molecule has 0 atom stereocenters. The Balaban J connectivity index is 1.70. The molecule has 2 aromatic heterocycles. The summed E-state index contributed by atoms with van der Waals surface area (Å²) in [6, 6.07) is 15.9. The molecule has 1 aliphatic rings. The first-order valence-corrected chi connectivity index (χ1v) is 10.6. The average Bonchev–Trinajstić information content (AvgIpc) is 3.04. The van der Waals surface area contributed by atoms with Gasteiger partial charge in [-0.1, -0.05) is 49.1 Å². The lowest BCUT2D eigenvalue weighted by Gasteiger charge is -2.22. The Morgan fingerprint density at radius 1 is 1.00 bits per heavy atom. The molecule has 1 fully saturated rings. The second-order valence-electron chi connectivity index (χ2n) is 8.12. The zero-order valence-electron chi connectivity index (χ0n) is 17.1. The molecule has 152 valence electrons. The highest BCUT2D eigenvalue weighted by atomic mass is 16.1. The molecule has 1 saturated carbocycles. The fourth-order valence-corrected chi connectivity index (χ4v) is 4.35. The highest BCUT2D eigenvalue weighted by molar-refractivity contribution is 6.11. The molecule has 0 radical (unpaired) electrons. The first kappa shape index (κ1) is 18.6. The molecule has 30 heavy (non-hydrogen) atoms. The molecule has 0 aliphatic heterocycles. The third-order valence-electron chi connectivity index (χ3n) is 5.96. The number of rotatable bonds is 3. The first-order valence-electron chi connectivity index (χ1n) is 10.6. The third kappa shape index (κ3) is 3.18. The van der Waals surface area contributed by atoms with Gasteiger partial charge in [-0.05, 0) is 44.0 Å². The number of aromatic nitrogens is 3. The standard InChI is InChI=1S/C24H25N5O/c1-15-11-13-17(14-12-15)29-22(25)20(24(30)26-16-7-3-2-4-8-16)21-23(29)28-19-10-6-5-9-18(19)27-21/h5-6,9-14,16H,2-4,7-8,25H2,1H3,(H,26,30). The largest absolute Gasteiger partial charge is 0.384 e. The highest BCUT2D eigenvalue weighted by Gasteiger charge is 2.26. The molecule has 3 N–H and O–H groups in total. The van der Waals surface area contributed by atoms with Gasteiger partial charge in [0.1, 0.15) is 16.9 Å². The van der Waals surface area contributed by atoms with Crippen molar-refractivity contribution in [1.29, 1.82) is 0 Å². The Morgan fingerprint density at radius 3 is 2.37 bits per heavy atom. The lowest BCUT2D eigenvalue weighted by molar-refractivity contribution is 0.0930. The van der Waals surface area contributed by atoms with Crippen molar-refractivity contribution in [3.63, 3.8) is 0 Å². The summed E-state index contributed by atoms with van der Waals surface area (Å²) in [5, 5.41) is 3.19. The number of anilines is 1. The van der Waals surface area contributed by atoms with Crippen LogP contribution in [0, 0.1) is 6.92 Å². The van der Waals surface area contributed by atoms with Crippen LogP contribution in [-0.4, -0.2) is 26.5 Å². The lowest BCUT2D eigenvalue weighted by atomic mass is 9.95. The van der Waals surface area contributed by atoms with Crippen LogP contribution in [0.3, 0.4) is 0 Å². The Labute approximate surface area is 175 Å². The van der Waals surface area contributed by atoms with Gasteiger partial charge in [-0.3, -0.25) is 9.36 Å². The molecular formula is C24H25N5O. The summed E-state index contributed by atoms with van der Waals surface area (Å²) in [6.07, 6.45) is 5.55. The number of benzene rings is 2. The number of hydrogen-bond donors (Lipinski definition) is 2. The molecule has 1 aliphatic carbocycles. The number of hydrogen-bond acceptors (Lipinski definition) is 4. The molecule has 0 spiro atoms. The molecule has 4 aromatic rings. The SMILES string of the molecule is Cc1ccc(-n2c(N)c(C(=O)NC3CCCCC3)c3nc4ccccc4nc32)cc1. The van der Waals surface area contributed by atoms with Gasteiger partial charge in [-0.15, -0.1) is 0 Å². The highest BCUT2D eigenvalue weighted by Crippen LogP contribution is 2.31. The van der Waals surface area contributed by atoms with Gasteiger partial charge < -0.3 is 11.1 Å². The number of nitrogens with zero attached hydrogens (tertiary/aromatic N) is 3. The van der Waals surface area contributed by atoms with Crippen molar-refractivity contribution in [1.82, 2.24) is 19.9 Å². The van der Waals surface area contributed by atoms with Crippen LogP contribution in [0.15, 0.2) is 48.5 Å². The van der Waals surface area contributed by atoms with Crippen LogP contribution in [0.2, 0.25) is 0 Å². The number of fused-ring (bicyclic) bond motifs is 2. The lowest BCUT2D eigenvalue weighted by Crippen LogP contribution is -2.36. The summed E-state index contributed by atoms with van der Waals surface area (Å²) in [5.74, 6) is 0.206. The second-order valence-corrected chi connectivity index (χ2v) is 8.12. The van der Waals surface area contributed by atoms with Crippen molar-refractivity contribution in [2.24, 2.45) is 0 Å². The summed E-state index contributed by atoms with van der Waals surface area (Å²) in [5.41, 5.74) is 11.7. The number of aryl methyl sites for hydroxylation is 1. The normalized spacial score (nSPS) is 15.0. The van der Waals surface area contributed by atoms with Gasteiger partial charge in [0.25, 0.3) is 5.91 Å². The monoisotopic (exact) mass is 399 g/mol. The van der Waals surface area contributed by atoms with Gasteiger partial charge in [-0.25, -0.2) is 9.97 Å². The number of nitrogens with two attached hydrogens (primary N) is 1. The topological polar surface area (TPSA) is 85.8 Å². The van der Waals surface area contributed by atoms with Crippen LogP contribution in [0.5, 0.6) is 0 Å². The predicted molar refractivity (Wildman–Crippen MR) is 120 cm³/mol. The van der Waals surface area contributed by atoms with Crippen LogP contribution in [-0.2, 0) is 0 Å². The number of nitrogen functional groups attached to an aromatic ring is 1. The van der Waals surface area contributed by atoms with E-state index in [0.29, 0.717) is 22.5 Å². The van der Waals surface area contributed by atoms with Gasteiger partial charge in [0, 0.05) is 11.7 Å². The Morgan fingerprint density at radius 2 is 1.67 bits per heavy atom. The molecule has 6 heteroatoms. The Kier molecular flexibility index (Phi) is 4.62. The summed E-state index contributed by atoms with van der Waals surface area (Å²) < 4.78 is 1.84. The minimum atomic E-state index is -0.167. The maximum atomic E-state index is 13.3. The third-order valence-corrected chi connectivity index (χ3v) is 5.96. The summed E-state index contributed by atoms with van der Waals surface area (Å²) in [6.45, 7) is 2.04. The quantitative estimate of drug-likeness (QED) is 0.530. The van der Waals surface area contributed by atoms with Gasteiger partial charge >= 0.3 is 0 Å². The van der Waals surface area contributed by atoms with Crippen LogP contribution in [0.25, 0.3) is 27.9 Å². The van der Waals surface area contributed by atoms with E-state index >= 15 is 0 Å². The van der Waals surface area contributed by atoms with E-state index < -0.39 is 0 Å². The van der Waals surface area contributed by atoms with Gasteiger partial charge in [0.2, 0.25) is 0 Å². The van der Waals surface area contributed by atoms with Crippen molar-refractivity contribution < 1.29 is 4.79 Å². The van der Waals surface area contributed by atoms with E-state index in [-0.39, 0.29) is 11.9 Å². The Hall–Kier alpha value is -3.41. The molecule has 2 heterocycles. The van der Waals surface area contributed by atoms with E-state index in [0.717, 1.165) is 48.0 Å². The van der Waals surface area contributed by atoms with E-state index in [9.17, 15) is 4.79 Å². The minimum absolute atomic E-state index is 0.167. The number of nitrogens with one attached hydrogen (secondary N) is 1. The van der Waals surface area contributed by atoms with Gasteiger partial charge in [0.05, 0.1) is 11.0 Å². The zero-order chi connectivity index (χ0) is 20.7. The molecule has 0 saturated heterocycles. The molecular weight excluding hydrogens is 374 g/mol. The van der Waals surface area contributed by atoms with Crippen molar-refractivity contribution in [2.75, 3.05) is 5.73 Å². The van der Waals surface area contributed by atoms with E-state index in [1.165, 1.54) is 6.42 Å².